The fourth-order valence-corrected chi connectivity index (χ4v) is 2.36. The first-order valence-electron chi connectivity index (χ1n) is 6.75. The lowest BCUT2D eigenvalue weighted by molar-refractivity contribution is -0.143. The summed E-state index contributed by atoms with van der Waals surface area (Å²) in [4.78, 5) is 22.9. The summed E-state index contributed by atoms with van der Waals surface area (Å²) in [7, 11) is 0. The van der Waals surface area contributed by atoms with Crippen LogP contribution >= 0.6 is 0 Å². The highest BCUT2D eigenvalue weighted by Gasteiger charge is 2.30. The molecule has 0 radical (unpaired) electrons. The Labute approximate surface area is 108 Å². The summed E-state index contributed by atoms with van der Waals surface area (Å²) < 4.78 is 5.12. The van der Waals surface area contributed by atoms with E-state index in [0.29, 0.717) is 26.1 Å². The molecule has 0 unspecified atom stereocenters. The molecule has 0 heterocycles. The quantitative estimate of drug-likeness (QED) is 0.559. The molecular weight excluding hydrogens is 234 g/mol. The van der Waals surface area contributed by atoms with Crippen LogP contribution in [0.1, 0.15) is 45.4 Å². The van der Waals surface area contributed by atoms with Crippen molar-refractivity contribution in [2.24, 2.45) is 5.92 Å². The van der Waals surface area contributed by atoms with Gasteiger partial charge in [-0.3, -0.25) is 9.59 Å². The minimum Gasteiger partial charge on any atom is -0.481 e. The second-order valence-electron chi connectivity index (χ2n) is 4.70. The van der Waals surface area contributed by atoms with Crippen LogP contribution in [-0.4, -0.2) is 36.2 Å². The normalized spacial score (nSPS) is 24.3. The Bertz CT molecular complexity index is 280. The summed E-state index contributed by atoms with van der Waals surface area (Å²) in [5, 5.41) is 12.0. The van der Waals surface area contributed by atoms with Crippen LogP contribution in [0.25, 0.3) is 0 Å². The first-order valence-corrected chi connectivity index (χ1v) is 6.75. The molecule has 0 spiro atoms. The van der Waals surface area contributed by atoms with Gasteiger partial charge in [0.05, 0.1) is 12.5 Å². The molecular formula is C13H23NO4. The maximum absolute atomic E-state index is 11.7. The smallest absolute Gasteiger partial charge is 0.308 e. The van der Waals surface area contributed by atoms with Gasteiger partial charge in [-0.15, -0.1) is 0 Å². The number of aliphatic carboxylic acids is 1. The van der Waals surface area contributed by atoms with Crippen molar-refractivity contribution in [1.29, 1.82) is 0 Å². The van der Waals surface area contributed by atoms with Gasteiger partial charge < -0.3 is 15.2 Å². The van der Waals surface area contributed by atoms with E-state index in [4.69, 9.17) is 4.74 Å². The standard InChI is InChI=1S/C13H23NO4/c1-2-18-9-8-12(15)14-11-7-5-3-4-6-10(11)13(16)17/h10-11H,2-9H2,1H3,(H,14,15)(H,16,17)/t10-,11+/m1/s1. The summed E-state index contributed by atoms with van der Waals surface area (Å²) in [6.45, 7) is 2.87. The second-order valence-corrected chi connectivity index (χ2v) is 4.70. The van der Waals surface area contributed by atoms with E-state index in [-0.39, 0.29) is 11.9 Å². The summed E-state index contributed by atoms with van der Waals surface area (Å²) in [5.74, 6) is -1.35. The van der Waals surface area contributed by atoms with E-state index in [1.807, 2.05) is 6.92 Å². The molecule has 0 bridgehead atoms. The third-order valence-electron chi connectivity index (χ3n) is 3.36. The van der Waals surface area contributed by atoms with Crippen LogP contribution in [0.2, 0.25) is 0 Å². The highest BCUT2D eigenvalue weighted by molar-refractivity contribution is 5.78. The van der Waals surface area contributed by atoms with E-state index in [2.05, 4.69) is 5.32 Å². The van der Waals surface area contributed by atoms with Gasteiger partial charge in [0.25, 0.3) is 0 Å². The van der Waals surface area contributed by atoms with E-state index in [9.17, 15) is 14.7 Å². The Morgan fingerprint density at radius 2 is 2.00 bits per heavy atom. The van der Waals surface area contributed by atoms with Crippen molar-refractivity contribution in [1.82, 2.24) is 5.32 Å². The molecule has 0 aromatic heterocycles. The maximum Gasteiger partial charge on any atom is 0.308 e. The maximum atomic E-state index is 11.7. The highest BCUT2D eigenvalue weighted by Crippen LogP contribution is 2.23. The summed E-state index contributed by atoms with van der Waals surface area (Å²) in [6.07, 6.45) is 4.69. The predicted molar refractivity (Wildman–Crippen MR) is 67.3 cm³/mol. The van der Waals surface area contributed by atoms with Crippen LogP contribution in [-0.2, 0) is 14.3 Å². The number of rotatable bonds is 6. The molecule has 1 aliphatic rings. The number of hydrogen-bond acceptors (Lipinski definition) is 3. The van der Waals surface area contributed by atoms with E-state index in [1.54, 1.807) is 0 Å². The number of ether oxygens (including phenoxy) is 1. The molecule has 0 aromatic rings. The summed E-state index contributed by atoms with van der Waals surface area (Å²) in [5.41, 5.74) is 0. The molecule has 2 N–H and O–H groups in total. The molecule has 5 heteroatoms. The van der Waals surface area contributed by atoms with Gasteiger partial charge in [0, 0.05) is 19.1 Å². The van der Waals surface area contributed by atoms with E-state index in [1.165, 1.54) is 0 Å². The van der Waals surface area contributed by atoms with Gasteiger partial charge in [-0.25, -0.2) is 0 Å². The summed E-state index contributed by atoms with van der Waals surface area (Å²) in [6, 6.07) is -0.223. The lowest BCUT2D eigenvalue weighted by Crippen LogP contribution is -2.43. The molecule has 0 saturated heterocycles. The third kappa shape index (κ3) is 5.04. The van der Waals surface area contributed by atoms with Crippen LogP contribution in [0, 0.1) is 5.92 Å². The van der Waals surface area contributed by atoms with Gasteiger partial charge in [-0.1, -0.05) is 19.3 Å². The topological polar surface area (TPSA) is 75.6 Å². The second kappa shape index (κ2) is 8.08. The number of carbonyl (C=O) groups is 2. The summed E-state index contributed by atoms with van der Waals surface area (Å²) >= 11 is 0. The van der Waals surface area contributed by atoms with Gasteiger partial charge in [-0.2, -0.15) is 0 Å². The van der Waals surface area contributed by atoms with Crippen molar-refractivity contribution in [3.8, 4) is 0 Å². The van der Waals surface area contributed by atoms with Crippen LogP contribution in [0.15, 0.2) is 0 Å². The zero-order valence-corrected chi connectivity index (χ0v) is 11.0. The molecule has 1 fully saturated rings. The van der Waals surface area contributed by atoms with Gasteiger partial charge in [-0.05, 0) is 19.8 Å². The molecule has 1 saturated carbocycles. The minimum absolute atomic E-state index is 0.110. The predicted octanol–water partition coefficient (Wildman–Crippen LogP) is 1.56. The number of amides is 1. The minimum atomic E-state index is -0.799. The molecule has 1 aliphatic carbocycles. The van der Waals surface area contributed by atoms with Crippen molar-refractivity contribution in [2.75, 3.05) is 13.2 Å². The Morgan fingerprint density at radius 1 is 1.28 bits per heavy atom. The third-order valence-corrected chi connectivity index (χ3v) is 3.36. The average Bonchev–Trinajstić information content (AvgIpc) is 2.55. The average molecular weight is 257 g/mol. The Hall–Kier alpha value is -1.10. The molecule has 0 aromatic carbocycles. The molecule has 2 atom stereocenters. The van der Waals surface area contributed by atoms with Crippen LogP contribution in [0.3, 0.4) is 0 Å². The molecule has 104 valence electrons. The van der Waals surface area contributed by atoms with Crippen molar-refractivity contribution in [3.63, 3.8) is 0 Å². The number of hydrogen-bond donors (Lipinski definition) is 2. The molecule has 0 aliphatic heterocycles. The van der Waals surface area contributed by atoms with Crippen LogP contribution in [0.4, 0.5) is 0 Å². The van der Waals surface area contributed by atoms with Crippen molar-refractivity contribution >= 4 is 11.9 Å². The number of carbonyl (C=O) groups excluding carboxylic acids is 1. The van der Waals surface area contributed by atoms with Gasteiger partial charge in [0.15, 0.2) is 0 Å². The van der Waals surface area contributed by atoms with Gasteiger partial charge >= 0.3 is 5.97 Å². The molecule has 1 rings (SSSR count). The fourth-order valence-electron chi connectivity index (χ4n) is 2.36. The van der Waals surface area contributed by atoms with Gasteiger partial charge in [0.1, 0.15) is 0 Å². The Morgan fingerprint density at radius 3 is 2.67 bits per heavy atom. The van der Waals surface area contributed by atoms with E-state index in [0.717, 1.165) is 25.7 Å². The zero-order valence-electron chi connectivity index (χ0n) is 11.0. The molecule has 18 heavy (non-hydrogen) atoms. The molecule has 1 amide bonds. The van der Waals surface area contributed by atoms with Crippen molar-refractivity contribution < 1.29 is 19.4 Å². The number of nitrogens with one attached hydrogen (secondary N) is 1. The largest absolute Gasteiger partial charge is 0.481 e. The molecule has 5 nitrogen and oxygen atoms in total. The number of carboxylic acid groups (broad SMARTS) is 1. The van der Waals surface area contributed by atoms with Gasteiger partial charge in [0.2, 0.25) is 5.91 Å². The van der Waals surface area contributed by atoms with E-state index < -0.39 is 11.9 Å². The Balaban J connectivity index is 2.44. The van der Waals surface area contributed by atoms with Crippen LogP contribution < -0.4 is 5.32 Å². The van der Waals surface area contributed by atoms with Crippen LogP contribution in [0.5, 0.6) is 0 Å². The highest BCUT2D eigenvalue weighted by atomic mass is 16.5. The lowest BCUT2D eigenvalue weighted by Gasteiger charge is -2.22. The first kappa shape index (κ1) is 15.0. The number of carboxylic acids is 1. The lowest BCUT2D eigenvalue weighted by atomic mass is 9.95. The SMILES string of the molecule is CCOCCC(=O)N[C@H]1CCCCC[C@H]1C(=O)O. The fraction of sp³-hybridized carbons (Fsp3) is 0.846. The monoisotopic (exact) mass is 257 g/mol. The zero-order chi connectivity index (χ0) is 13.4. The Kier molecular flexibility index (Phi) is 6.72. The van der Waals surface area contributed by atoms with Crippen molar-refractivity contribution in [2.45, 2.75) is 51.5 Å². The van der Waals surface area contributed by atoms with Crippen molar-refractivity contribution in [3.05, 3.63) is 0 Å². The van der Waals surface area contributed by atoms with E-state index >= 15 is 0 Å². The first-order chi connectivity index (χ1) is 8.65.